The summed E-state index contributed by atoms with van der Waals surface area (Å²) in [6, 6.07) is 9.18. The van der Waals surface area contributed by atoms with Crippen LogP contribution in [0.5, 0.6) is 0 Å². The van der Waals surface area contributed by atoms with Gasteiger partial charge in [0.05, 0.1) is 6.61 Å². The molecular formula is C9H12ClNO3S. The van der Waals surface area contributed by atoms with E-state index in [1.165, 1.54) is 0 Å². The first kappa shape index (κ1) is 12.4. The predicted octanol–water partition coefficient (Wildman–Crippen LogP) is 1.28. The summed E-state index contributed by atoms with van der Waals surface area (Å²) >= 11 is 5.31. The molecule has 0 aliphatic heterocycles. The highest BCUT2D eigenvalue weighted by Crippen LogP contribution is 1.99. The van der Waals surface area contributed by atoms with Crippen LogP contribution in [0.25, 0.3) is 0 Å². The van der Waals surface area contributed by atoms with Crippen molar-refractivity contribution >= 4 is 21.9 Å². The number of hydrogen-bond donors (Lipinski definition) is 1. The predicted molar refractivity (Wildman–Crippen MR) is 58.9 cm³/mol. The van der Waals surface area contributed by atoms with Crippen LogP contribution in [0, 0.1) is 0 Å². The number of benzene rings is 1. The molecular weight excluding hydrogens is 238 g/mol. The van der Waals surface area contributed by atoms with E-state index in [1.807, 2.05) is 30.3 Å². The van der Waals surface area contributed by atoms with Gasteiger partial charge in [0.25, 0.3) is 0 Å². The van der Waals surface area contributed by atoms with Gasteiger partial charge >= 0.3 is 10.3 Å². The molecule has 0 bridgehead atoms. The molecule has 1 rings (SSSR count). The maximum absolute atomic E-state index is 11.2. The van der Waals surface area contributed by atoms with Crippen molar-refractivity contribution in [2.75, 3.05) is 12.5 Å². The summed E-state index contributed by atoms with van der Waals surface area (Å²) < 4.78 is 29.2. The monoisotopic (exact) mass is 249 g/mol. The van der Waals surface area contributed by atoms with Crippen LogP contribution in [0.3, 0.4) is 0 Å². The third-order valence-electron chi connectivity index (χ3n) is 1.61. The van der Waals surface area contributed by atoms with Gasteiger partial charge in [-0.1, -0.05) is 30.3 Å². The summed E-state index contributed by atoms with van der Waals surface area (Å²) in [6.45, 7) is 0.192. The molecule has 0 spiro atoms. The molecule has 84 valence electrons. The van der Waals surface area contributed by atoms with Crippen LogP contribution in [-0.2, 0) is 21.0 Å². The summed E-state index contributed by atoms with van der Waals surface area (Å²) in [7, 11) is -3.68. The van der Waals surface area contributed by atoms with Crippen molar-refractivity contribution in [3.05, 3.63) is 35.9 Å². The molecule has 1 N–H and O–H groups in total. The van der Waals surface area contributed by atoms with Crippen molar-refractivity contribution < 1.29 is 12.6 Å². The van der Waals surface area contributed by atoms with E-state index >= 15 is 0 Å². The van der Waals surface area contributed by atoms with E-state index in [2.05, 4.69) is 8.91 Å². The molecule has 0 atom stereocenters. The summed E-state index contributed by atoms with van der Waals surface area (Å²) in [4.78, 5) is 0. The van der Waals surface area contributed by atoms with Crippen LogP contribution in [-0.4, -0.2) is 20.9 Å². The molecule has 0 aromatic heterocycles. The number of rotatable bonds is 6. The van der Waals surface area contributed by atoms with E-state index in [4.69, 9.17) is 11.6 Å². The van der Waals surface area contributed by atoms with E-state index in [1.54, 1.807) is 0 Å². The lowest BCUT2D eigenvalue weighted by molar-refractivity contribution is 0.332. The Bertz CT molecular complexity index is 380. The smallest absolute Gasteiger partial charge is 0.257 e. The van der Waals surface area contributed by atoms with Crippen molar-refractivity contribution in [2.24, 2.45) is 0 Å². The molecule has 0 aliphatic rings. The van der Waals surface area contributed by atoms with Crippen LogP contribution < -0.4 is 4.72 Å². The quantitative estimate of drug-likeness (QED) is 0.773. The Labute approximate surface area is 94.5 Å². The van der Waals surface area contributed by atoms with Gasteiger partial charge in [0.15, 0.2) is 0 Å². The van der Waals surface area contributed by atoms with Gasteiger partial charge in [-0.15, -0.1) is 11.6 Å². The van der Waals surface area contributed by atoms with E-state index < -0.39 is 10.3 Å². The SMILES string of the molecule is O=S(=O)(NCc1ccccc1)OCCCl. The molecule has 0 unspecified atom stereocenters. The van der Waals surface area contributed by atoms with E-state index in [9.17, 15) is 8.42 Å². The minimum absolute atomic E-state index is 0.0221. The fourth-order valence-corrected chi connectivity index (χ4v) is 1.85. The Morgan fingerprint density at radius 1 is 1.27 bits per heavy atom. The molecule has 0 aliphatic carbocycles. The second kappa shape index (κ2) is 6.07. The first-order valence-corrected chi connectivity index (χ1v) is 6.32. The van der Waals surface area contributed by atoms with Crippen molar-refractivity contribution in [2.45, 2.75) is 6.54 Å². The van der Waals surface area contributed by atoms with Crippen molar-refractivity contribution in [3.63, 3.8) is 0 Å². The second-order valence-electron chi connectivity index (χ2n) is 2.77. The molecule has 0 amide bonds. The molecule has 6 heteroatoms. The Hall–Kier alpha value is -0.620. The first-order valence-electron chi connectivity index (χ1n) is 4.38. The molecule has 0 saturated heterocycles. The molecule has 1 aromatic carbocycles. The average Bonchev–Trinajstić information content (AvgIpc) is 2.25. The zero-order chi connectivity index (χ0) is 11.1. The largest absolute Gasteiger partial charge is 0.336 e. The van der Waals surface area contributed by atoms with E-state index in [0.29, 0.717) is 0 Å². The van der Waals surface area contributed by atoms with Gasteiger partial charge in [-0.2, -0.15) is 13.1 Å². The maximum Gasteiger partial charge on any atom is 0.336 e. The third-order valence-corrected chi connectivity index (χ3v) is 2.74. The Morgan fingerprint density at radius 2 is 1.93 bits per heavy atom. The highest BCUT2D eigenvalue weighted by Gasteiger charge is 2.08. The van der Waals surface area contributed by atoms with Gasteiger partial charge in [-0.25, -0.2) is 0 Å². The average molecular weight is 250 g/mol. The second-order valence-corrected chi connectivity index (χ2v) is 4.58. The van der Waals surface area contributed by atoms with Crippen LogP contribution >= 0.6 is 11.6 Å². The molecule has 0 saturated carbocycles. The Balaban J connectivity index is 2.43. The minimum atomic E-state index is -3.68. The van der Waals surface area contributed by atoms with Gasteiger partial charge in [0, 0.05) is 12.4 Å². The Kier molecular flexibility index (Phi) is 5.04. The fourth-order valence-electron chi connectivity index (χ4n) is 0.950. The maximum atomic E-state index is 11.2. The third kappa shape index (κ3) is 5.13. The van der Waals surface area contributed by atoms with Gasteiger partial charge < -0.3 is 0 Å². The highest BCUT2D eigenvalue weighted by atomic mass is 35.5. The normalized spacial score (nSPS) is 11.5. The van der Waals surface area contributed by atoms with Crippen LogP contribution in [0.15, 0.2) is 30.3 Å². The minimum Gasteiger partial charge on any atom is -0.257 e. The lowest BCUT2D eigenvalue weighted by Gasteiger charge is -2.05. The van der Waals surface area contributed by atoms with E-state index in [-0.39, 0.29) is 19.0 Å². The zero-order valence-corrected chi connectivity index (χ0v) is 9.59. The molecule has 15 heavy (non-hydrogen) atoms. The summed E-state index contributed by atoms with van der Waals surface area (Å²) in [5.41, 5.74) is 0.871. The standard InChI is InChI=1S/C9H12ClNO3S/c10-6-7-14-15(12,13)11-8-9-4-2-1-3-5-9/h1-5,11H,6-8H2. The van der Waals surface area contributed by atoms with Gasteiger partial charge in [-0.3, -0.25) is 4.18 Å². The first-order chi connectivity index (χ1) is 7.14. The van der Waals surface area contributed by atoms with Crippen molar-refractivity contribution in [3.8, 4) is 0 Å². The zero-order valence-electron chi connectivity index (χ0n) is 8.02. The molecule has 0 heterocycles. The lowest BCUT2D eigenvalue weighted by atomic mass is 10.2. The summed E-state index contributed by atoms with van der Waals surface area (Å²) in [5, 5.41) is 0. The topological polar surface area (TPSA) is 55.4 Å². The van der Waals surface area contributed by atoms with Gasteiger partial charge in [0.2, 0.25) is 0 Å². The van der Waals surface area contributed by atoms with Gasteiger partial charge in [-0.05, 0) is 5.56 Å². The van der Waals surface area contributed by atoms with Crippen molar-refractivity contribution in [1.82, 2.24) is 4.72 Å². The van der Waals surface area contributed by atoms with Crippen LogP contribution in [0.4, 0.5) is 0 Å². The van der Waals surface area contributed by atoms with E-state index in [0.717, 1.165) is 5.56 Å². The summed E-state index contributed by atoms with van der Waals surface area (Å²) in [6.07, 6.45) is 0. The highest BCUT2D eigenvalue weighted by molar-refractivity contribution is 7.84. The molecule has 4 nitrogen and oxygen atoms in total. The summed E-state index contributed by atoms with van der Waals surface area (Å²) in [5.74, 6) is 0.145. The number of nitrogens with one attached hydrogen (secondary N) is 1. The molecule has 0 radical (unpaired) electrons. The Morgan fingerprint density at radius 3 is 2.53 bits per heavy atom. The van der Waals surface area contributed by atoms with Crippen molar-refractivity contribution in [1.29, 1.82) is 0 Å². The van der Waals surface area contributed by atoms with Gasteiger partial charge in [0.1, 0.15) is 0 Å². The number of hydrogen-bond acceptors (Lipinski definition) is 3. The molecule has 0 fully saturated rings. The van der Waals surface area contributed by atoms with Crippen LogP contribution in [0.2, 0.25) is 0 Å². The number of halogens is 1. The lowest BCUT2D eigenvalue weighted by Crippen LogP contribution is -2.26. The fraction of sp³-hybridized carbons (Fsp3) is 0.333. The van der Waals surface area contributed by atoms with Crippen LogP contribution in [0.1, 0.15) is 5.56 Å². The molecule has 1 aromatic rings. The number of alkyl halides is 1.